The largest absolute Gasteiger partial charge is 0.367 e. The summed E-state index contributed by atoms with van der Waals surface area (Å²) < 4.78 is 3.94. The van der Waals surface area contributed by atoms with Crippen molar-refractivity contribution in [1.82, 2.24) is 9.36 Å². The van der Waals surface area contributed by atoms with Crippen molar-refractivity contribution >= 4 is 22.6 Å². The Bertz CT molecular complexity index is 341. The number of nitrogens with zero attached hydrogens (tertiary/aromatic N) is 2. The monoisotopic (exact) mass is 212 g/mol. The predicted molar refractivity (Wildman–Crippen MR) is 59.3 cm³/mol. The highest BCUT2D eigenvalue weighted by molar-refractivity contribution is 7.09. The van der Waals surface area contributed by atoms with Crippen LogP contribution in [-0.2, 0) is 0 Å². The van der Waals surface area contributed by atoms with Gasteiger partial charge in [-0.2, -0.15) is 9.36 Å². The molecular formula is C9H16N4S. The van der Waals surface area contributed by atoms with Crippen LogP contribution in [0.15, 0.2) is 0 Å². The Morgan fingerprint density at radius 2 is 1.86 bits per heavy atom. The van der Waals surface area contributed by atoms with Crippen LogP contribution in [0.3, 0.4) is 0 Å². The van der Waals surface area contributed by atoms with E-state index in [1.807, 2.05) is 0 Å². The smallest absolute Gasteiger partial charge is 0.233 e. The third-order valence-corrected chi connectivity index (χ3v) is 4.39. The molecule has 0 unspecified atom stereocenters. The third kappa shape index (κ3) is 1.19. The van der Waals surface area contributed by atoms with Gasteiger partial charge in [-0.1, -0.05) is 27.7 Å². The molecular weight excluding hydrogens is 196 g/mol. The molecule has 0 spiro atoms. The Labute approximate surface area is 88.1 Å². The SMILES string of the molecule is CC1(C)C(Nc2nc(N)ns2)C1(C)C. The number of nitrogens with two attached hydrogens (primary N) is 1. The Hall–Kier alpha value is -0.840. The lowest BCUT2D eigenvalue weighted by Crippen LogP contribution is -2.09. The lowest BCUT2D eigenvalue weighted by molar-refractivity contribution is 0.457. The second kappa shape index (κ2) is 2.59. The predicted octanol–water partition coefficient (Wildman–Crippen LogP) is 1.97. The van der Waals surface area contributed by atoms with Crippen LogP contribution in [0.25, 0.3) is 0 Å². The zero-order chi connectivity index (χ0) is 10.6. The summed E-state index contributed by atoms with van der Waals surface area (Å²) in [5.41, 5.74) is 6.08. The topological polar surface area (TPSA) is 63.8 Å². The molecule has 0 aromatic carbocycles. The van der Waals surface area contributed by atoms with Crippen molar-refractivity contribution in [2.45, 2.75) is 33.7 Å². The van der Waals surface area contributed by atoms with Gasteiger partial charge >= 0.3 is 0 Å². The molecule has 0 atom stereocenters. The van der Waals surface area contributed by atoms with Gasteiger partial charge in [0, 0.05) is 17.6 Å². The number of anilines is 2. The van der Waals surface area contributed by atoms with E-state index in [2.05, 4.69) is 42.4 Å². The van der Waals surface area contributed by atoms with Crippen LogP contribution in [-0.4, -0.2) is 15.4 Å². The second-order valence-corrected chi connectivity index (χ2v) is 5.73. The van der Waals surface area contributed by atoms with Gasteiger partial charge in [0.25, 0.3) is 0 Å². The first-order valence-corrected chi connectivity index (χ1v) is 5.49. The molecule has 1 aromatic rings. The van der Waals surface area contributed by atoms with Crippen molar-refractivity contribution in [3.8, 4) is 0 Å². The maximum atomic E-state index is 5.46. The van der Waals surface area contributed by atoms with E-state index >= 15 is 0 Å². The standard InChI is InChI=1S/C9H16N4S/c1-8(2)5(9(8,3)4)11-7-12-6(10)13-14-7/h5H,1-4H3,(H3,10,11,12,13). The van der Waals surface area contributed by atoms with E-state index in [9.17, 15) is 0 Å². The summed E-state index contributed by atoms with van der Waals surface area (Å²) in [6, 6.07) is 0.461. The summed E-state index contributed by atoms with van der Waals surface area (Å²) >= 11 is 1.32. The average molecular weight is 212 g/mol. The van der Waals surface area contributed by atoms with Gasteiger partial charge < -0.3 is 11.1 Å². The first kappa shape index (κ1) is 9.71. The van der Waals surface area contributed by atoms with Gasteiger partial charge in [0.1, 0.15) is 0 Å². The summed E-state index contributed by atoms with van der Waals surface area (Å²) in [7, 11) is 0. The number of rotatable bonds is 2. The van der Waals surface area contributed by atoms with Crippen LogP contribution in [0.2, 0.25) is 0 Å². The molecule has 4 nitrogen and oxygen atoms in total. The summed E-state index contributed by atoms with van der Waals surface area (Å²) in [6.07, 6.45) is 0. The van der Waals surface area contributed by atoms with Crippen molar-refractivity contribution < 1.29 is 0 Å². The fourth-order valence-corrected chi connectivity index (χ4v) is 2.50. The highest BCUT2D eigenvalue weighted by Gasteiger charge is 2.65. The van der Waals surface area contributed by atoms with Gasteiger partial charge in [0.05, 0.1) is 0 Å². The molecule has 0 radical (unpaired) electrons. The highest BCUT2D eigenvalue weighted by atomic mass is 32.1. The number of nitrogen functional groups attached to an aromatic ring is 1. The first-order valence-electron chi connectivity index (χ1n) is 4.71. The zero-order valence-electron chi connectivity index (χ0n) is 8.96. The minimum Gasteiger partial charge on any atom is -0.367 e. The summed E-state index contributed by atoms with van der Waals surface area (Å²) in [5.74, 6) is 0.355. The number of hydrogen-bond acceptors (Lipinski definition) is 5. The van der Waals surface area contributed by atoms with Crippen molar-refractivity contribution in [1.29, 1.82) is 0 Å². The molecule has 0 amide bonds. The van der Waals surface area contributed by atoms with E-state index < -0.39 is 0 Å². The fourth-order valence-electron chi connectivity index (χ4n) is 1.97. The molecule has 1 aliphatic rings. The summed E-state index contributed by atoms with van der Waals surface area (Å²) in [5, 5.41) is 4.21. The minimum atomic E-state index is 0.313. The van der Waals surface area contributed by atoms with Gasteiger partial charge in [-0.05, 0) is 10.8 Å². The number of hydrogen-bond donors (Lipinski definition) is 2. The van der Waals surface area contributed by atoms with E-state index in [0.717, 1.165) is 5.13 Å². The lowest BCUT2D eigenvalue weighted by Gasteiger charge is -2.02. The quantitative estimate of drug-likeness (QED) is 0.786. The molecule has 0 aliphatic heterocycles. The van der Waals surface area contributed by atoms with Crippen molar-refractivity contribution in [3.05, 3.63) is 0 Å². The molecule has 2 rings (SSSR count). The maximum absolute atomic E-state index is 5.46. The molecule has 1 aromatic heterocycles. The minimum absolute atomic E-state index is 0.313. The molecule has 0 saturated heterocycles. The molecule has 1 heterocycles. The molecule has 1 aliphatic carbocycles. The van der Waals surface area contributed by atoms with Crippen LogP contribution in [0, 0.1) is 10.8 Å². The van der Waals surface area contributed by atoms with Gasteiger partial charge in [0.2, 0.25) is 11.1 Å². The molecule has 1 saturated carbocycles. The number of nitrogens with one attached hydrogen (secondary N) is 1. The van der Waals surface area contributed by atoms with E-state index in [1.165, 1.54) is 11.5 Å². The van der Waals surface area contributed by atoms with E-state index in [-0.39, 0.29) is 0 Å². The number of aromatic nitrogens is 2. The fraction of sp³-hybridized carbons (Fsp3) is 0.778. The van der Waals surface area contributed by atoms with E-state index in [1.54, 1.807) is 0 Å². The van der Waals surface area contributed by atoms with Crippen molar-refractivity contribution in [2.24, 2.45) is 10.8 Å². The first-order chi connectivity index (χ1) is 6.35. The molecule has 78 valence electrons. The van der Waals surface area contributed by atoms with Crippen LogP contribution in [0.5, 0.6) is 0 Å². The lowest BCUT2D eigenvalue weighted by atomic mass is 10.0. The second-order valence-electron chi connectivity index (χ2n) is 4.98. The molecule has 3 N–H and O–H groups in total. The molecule has 0 bridgehead atoms. The normalized spacial score (nSPS) is 23.4. The molecule has 14 heavy (non-hydrogen) atoms. The van der Waals surface area contributed by atoms with Crippen LogP contribution < -0.4 is 11.1 Å². The Morgan fingerprint density at radius 3 is 2.21 bits per heavy atom. The maximum Gasteiger partial charge on any atom is 0.233 e. The zero-order valence-corrected chi connectivity index (χ0v) is 9.77. The van der Waals surface area contributed by atoms with Gasteiger partial charge in [0.15, 0.2) is 0 Å². The summed E-state index contributed by atoms with van der Waals surface area (Å²) in [4.78, 5) is 4.10. The molecule has 5 heteroatoms. The van der Waals surface area contributed by atoms with Crippen LogP contribution in [0.4, 0.5) is 11.1 Å². The van der Waals surface area contributed by atoms with E-state index in [0.29, 0.717) is 22.8 Å². The van der Waals surface area contributed by atoms with E-state index in [4.69, 9.17) is 5.73 Å². The van der Waals surface area contributed by atoms with Crippen molar-refractivity contribution in [3.63, 3.8) is 0 Å². The average Bonchev–Trinajstić information content (AvgIpc) is 2.47. The Kier molecular flexibility index (Phi) is 1.80. The third-order valence-electron chi connectivity index (χ3n) is 3.73. The molecule has 1 fully saturated rings. The van der Waals surface area contributed by atoms with Crippen molar-refractivity contribution in [2.75, 3.05) is 11.1 Å². The summed E-state index contributed by atoms with van der Waals surface area (Å²) in [6.45, 7) is 9.04. The highest BCUT2D eigenvalue weighted by Crippen LogP contribution is 2.63. The van der Waals surface area contributed by atoms with Crippen LogP contribution >= 0.6 is 11.5 Å². The Balaban J connectivity index is 2.08. The van der Waals surface area contributed by atoms with Gasteiger partial charge in [-0.15, -0.1) is 0 Å². The van der Waals surface area contributed by atoms with Gasteiger partial charge in [-0.25, -0.2) is 0 Å². The van der Waals surface area contributed by atoms with Crippen LogP contribution in [0.1, 0.15) is 27.7 Å². The Morgan fingerprint density at radius 1 is 1.29 bits per heavy atom. The van der Waals surface area contributed by atoms with Gasteiger partial charge in [-0.3, -0.25) is 0 Å².